The van der Waals surface area contributed by atoms with E-state index in [1.807, 2.05) is 6.08 Å². The van der Waals surface area contributed by atoms with Crippen molar-refractivity contribution in [3.63, 3.8) is 0 Å². The first-order valence-electron chi connectivity index (χ1n) is 14.7. The second-order valence-corrected chi connectivity index (χ2v) is 12.3. The molecular formula is C33H44N4O3. The molecule has 214 valence electrons. The number of methoxy groups -OCH3 is 1. The molecule has 2 aromatic rings. The highest BCUT2D eigenvalue weighted by molar-refractivity contribution is 5.72. The smallest absolute Gasteiger partial charge is 0.167 e. The molecule has 1 saturated heterocycles. The third-order valence-electron chi connectivity index (χ3n) is 10.5. The molecule has 7 atom stereocenters. The van der Waals surface area contributed by atoms with Crippen molar-refractivity contribution >= 4 is 17.4 Å². The maximum absolute atomic E-state index is 11.6. The number of nitrogens with one attached hydrogen (secondary N) is 4. The molecule has 6 rings (SSSR count). The van der Waals surface area contributed by atoms with Gasteiger partial charge in [0.05, 0.1) is 11.3 Å². The van der Waals surface area contributed by atoms with Gasteiger partial charge in [-0.25, -0.2) is 0 Å². The molecule has 5 heterocycles. The Balaban J connectivity index is 1.60. The molecule has 0 aromatic carbocycles. The van der Waals surface area contributed by atoms with Crippen molar-refractivity contribution < 1.29 is 14.9 Å². The molecule has 8 bridgehead atoms. The first kappa shape index (κ1) is 27.2. The minimum absolute atomic E-state index is 0.0119. The van der Waals surface area contributed by atoms with Crippen molar-refractivity contribution in [3.8, 4) is 0 Å². The first-order chi connectivity index (χ1) is 19.1. The molecule has 6 N–H and O–H groups in total. The summed E-state index contributed by atoms with van der Waals surface area (Å²) in [5.74, 6) is 0.281. The van der Waals surface area contributed by atoms with Crippen LogP contribution in [0.25, 0.3) is 17.4 Å². The Labute approximate surface area is 236 Å². The summed E-state index contributed by atoms with van der Waals surface area (Å²) < 4.78 is 5.42. The van der Waals surface area contributed by atoms with E-state index in [1.54, 1.807) is 0 Å². The molecule has 2 aromatic heterocycles. The summed E-state index contributed by atoms with van der Waals surface area (Å²) in [6.45, 7) is 17.4. The van der Waals surface area contributed by atoms with Crippen LogP contribution in [-0.2, 0) is 17.6 Å². The normalized spacial score (nSPS) is 31.4. The largest absolute Gasteiger partial charge is 0.511 e. The zero-order chi connectivity index (χ0) is 28.6. The predicted molar refractivity (Wildman–Crippen MR) is 160 cm³/mol. The summed E-state index contributed by atoms with van der Waals surface area (Å²) in [4.78, 5) is 7.48. The second-order valence-electron chi connectivity index (χ2n) is 12.3. The summed E-state index contributed by atoms with van der Waals surface area (Å²) in [5.41, 5.74) is 11.6. The molecule has 40 heavy (non-hydrogen) atoms. The van der Waals surface area contributed by atoms with Crippen molar-refractivity contribution in [2.75, 3.05) is 7.11 Å². The Morgan fingerprint density at radius 3 is 2.55 bits per heavy atom. The number of hydrogen-bond donors (Lipinski definition) is 6. The van der Waals surface area contributed by atoms with Crippen LogP contribution in [0.4, 0.5) is 0 Å². The van der Waals surface area contributed by atoms with Gasteiger partial charge in [-0.15, -0.1) is 0 Å². The van der Waals surface area contributed by atoms with Crippen LogP contribution in [-0.4, -0.2) is 51.7 Å². The molecule has 4 aliphatic rings. The maximum Gasteiger partial charge on any atom is 0.167 e. The molecule has 0 spiro atoms. The number of rotatable bonds is 4. The SMILES string of the molecule is C=CC1=C(C)C2CC3NC(C4=c5[nH]c(c(C)c5=C(O)[C@@H]4C(O)OC)Cc4[nH]c(c(C)c4CC)/C=C/1N2)[C@@H](C)[C@@H]3C. The number of ether oxygens (including phenoxy) is 1. The molecule has 4 unspecified atom stereocenters. The van der Waals surface area contributed by atoms with E-state index in [0.717, 1.165) is 51.6 Å². The summed E-state index contributed by atoms with van der Waals surface area (Å²) in [6.07, 6.45) is 5.67. The Morgan fingerprint density at radius 2 is 1.88 bits per heavy atom. The topological polar surface area (TPSA) is 105 Å². The van der Waals surface area contributed by atoms with Gasteiger partial charge in [-0.2, -0.15) is 0 Å². The van der Waals surface area contributed by atoms with Crippen LogP contribution in [0.3, 0.4) is 0 Å². The Kier molecular flexibility index (Phi) is 6.68. The summed E-state index contributed by atoms with van der Waals surface area (Å²) in [5, 5.41) is 32.1. The molecule has 0 saturated carbocycles. The maximum atomic E-state index is 11.6. The number of aromatic nitrogens is 2. The van der Waals surface area contributed by atoms with Crippen LogP contribution >= 0.6 is 0 Å². The van der Waals surface area contributed by atoms with Gasteiger partial charge in [-0.05, 0) is 84.9 Å². The highest BCUT2D eigenvalue weighted by Crippen LogP contribution is 2.41. The average molecular weight is 545 g/mol. The molecule has 7 heteroatoms. The van der Waals surface area contributed by atoms with Crippen LogP contribution < -0.4 is 21.2 Å². The van der Waals surface area contributed by atoms with Gasteiger partial charge in [-0.1, -0.05) is 33.4 Å². The van der Waals surface area contributed by atoms with Gasteiger partial charge in [0.25, 0.3) is 0 Å². The second kappa shape index (κ2) is 9.82. The van der Waals surface area contributed by atoms with Crippen LogP contribution in [0.1, 0.15) is 67.9 Å². The van der Waals surface area contributed by atoms with Gasteiger partial charge in [0, 0.05) is 59.7 Å². The summed E-state index contributed by atoms with van der Waals surface area (Å²) in [6, 6.07) is 0.440. The Hall–Kier alpha value is -3.00. The van der Waals surface area contributed by atoms with E-state index in [2.05, 4.69) is 74.8 Å². The van der Waals surface area contributed by atoms with Crippen molar-refractivity contribution in [2.24, 2.45) is 17.8 Å². The number of hydrogen-bond acceptors (Lipinski definition) is 5. The molecule has 1 aliphatic carbocycles. The fourth-order valence-electron chi connectivity index (χ4n) is 7.92. The number of allylic oxidation sites excluding steroid dienone is 1. The summed E-state index contributed by atoms with van der Waals surface area (Å²) >= 11 is 0. The summed E-state index contributed by atoms with van der Waals surface area (Å²) in [7, 11) is 1.50. The van der Waals surface area contributed by atoms with E-state index >= 15 is 0 Å². The van der Waals surface area contributed by atoms with Gasteiger partial charge < -0.3 is 35.6 Å². The number of aromatic amines is 2. The number of fused-ring (bicyclic) bond motifs is 8. The Morgan fingerprint density at radius 1 is 1.12 bits per heavy atom. The third kappa shape index (κ3) is 3.81. The van der Waals surface area contributed by atoms with Crippen LogP contribution in [0.5, 0.6) is 0 Å². The van der Waals surface area contributed by atoms with E-state index < -0.39 is 12.2 Å². The fourth-order valence-corrected chi connectivity index (χ4v) is 7.92. The zero-order valence-electron chi connectivity index (χ0n) is 24.8. The molecule has 3 aliphatic heterocycles. The van der Waals surface area contributed by atoms with E-state index in [0.29, 0.717) is 18.3 Å². The van der Waals surface area contributed by atoms with E-state index in [4.69, 9.17) is 4.74 Å². The van der Waals surface area contributed by atoms with Gasteiger partial charge in [0.15, 0.2) is 6.29 Å². The third-order valence-corrected chi connectivity index (χ3v) is 10.5. The highest BCUT2D eigenvalue weighted by atomic mass is 16.6. The monoisotopic (exact) mass is 544 g/mol. The number of aliphatic hydroxyl groups is 2. The van der Waals surface area contributed by atoms with E-state index in [1.165, 1.54) is 35.1 Å². The zero-order valence-corrected chi connectivity index (χ0v) is 24.8. The average Bonchev–Trinajstić information content (AvgIpc) is 3.66. The highest BCUT2D eigenvalue weighted by Gasteiger charge is 2.47. The molecule has 0 amide bonds. The molecule has 7 nitrogen and oxygen atoms in total. The Bertz CT molecular complexity index is 1570. The molecule has 0 radical (unpaired) electrons. The number of aliphatic hydroxyl groups excluding tert-OH is 2. The molecule has 1 fully saturated rings. The van der Waals surface area contributed by atoms with Gasteiger partial charge >= 0.3 is 0 Å². The van der Waals surface area contributed by atoms with Gasteiger partial charge in [0.1, 0.15) is 5.76 Å². The molecular weight excluding hydrogens is 500 g/mol. The predicted octanol–water partition coefficient (Wildman–Crippen LogP) is 3.36. The first-order valence-corrected chi connectivity index (χ1v) is 14.7. The minimum atomic E-state index is -1.13. The number of H-pyrrole nitrogens is 2. The van der Waals surface area contributed by atoms with Crippen LogP contribution in [0.15, 0.2) is 29.5 Å². The van der Waals surface area contributed by atoms with Crippen LogP contribution in [0.2, 0.25) is 0 Å². The lowest BCUT2D eigenvalue weighted by molar-refractivity contribution is -0.0899. The van der Waals surface area contributed by atoms with E-state index in [9.17, 15) is 10.2 Å². The van der Waals surface area contributed by atoms with Crippen molar-refractivity contribution in [2.45, 2.75) is 85.2 Å². The lowest BCUT2D eigenvalue weighted by atomic mass is 9.82. The lowest BCUT2D eigenvalue weighted by Crippen LogP contribution is -2.41. The van der Waals surface area contributed by atoms with Gasteiger partial charge in [0.2, 0.25) is 0 Å². The van der Waals surface area contributed by atoms with Crippen molar-refractivity contribution in [1.82, 2.24) is 20.6 Å². The minimum Gasteiger partial charge on any atom is -0.511 e. The van der Waals surface area contributed by atoms with Crippen molar-refractivity contribution in [3.05, 3.63) is 73.8 Å². The standard InChI is InChI=1S/C33H44N4O3/c1-9-19-16(5)22-11-21-14(3)15(4)30(36-21)28-29(33(39)40-8)32(38)27-18(7)24(37-31(27)28)13-26-20(10-2)17(6)23(35-26)12-25(19)34-22/h9,12,14-15,21-22,29-30,33-39H,1,10-11,13H2,2-8H3/b25-12-/t14-,15-,21?,22?,29+,30?,33?/m0/s1. The van der Waals surface area contributed by atoms with Crippen molar-refractivity contribution in [1.29, 1.82) is 0 Å². The van der Waals surface area contributed by atoms with Crippen LogP contribution in [0, 0.1) is 31.6 Å². The quantitative estimate of drug-likeness (QED) is 0.331. The van der Waals surface area contributed by atoms with E-state index in [-0.39, 0.29) is 23.9 Å². The van der Waals surface area contributed by atoms with Gasteiger partial charge in [-0.3, -0.25) is 0 Å². The fraction of sp³-hybridized carbons (Fsp3) is 0.515. The lowest BCUT2D eigenvalue weighted by Gasteiger charge is -2.28.